The smallest absolute Gasteiger partial charge is 0.347 e. The summed E-state index contributed by atoms with van der Waals surface area (Å²) in [6.45, 7) is 3.19. The molecule has 2 aromatic carbocycles. The molecule has 0 fully saturated rings. The number of amides is 1. The van der Waals surface area contributed by atoms with E-state index in [0.29, 0.717) is 17.0 Å². The molecule has 0 aliphatic heterocycles. The van der Waals surface area contributed by atoms with Gasteiger partial charge in [0.15, 0.2) is 12.7 Å². The van der Waals surface area contributed by atoms with E-state index in [2.05, 4.69) is 5.32 Å². The molecule has 0 heterocycles. The van der Waals surface area contributed by atoms with E-state index in [4.69, 9.17) is 14.7 Å². The summed E-state index contributed by atoms with van der Waals surface area (Å²) in [5.74, 6) is -0.632. The zero-order chi connectivity index (χ0) is 18.9. The fourth-order valence-corrected chi connectivity index (χ4v) is 2.14. The lowest BCUT2D eigenvalue weighted by molar-refractivity contribution is -0.153. The molecule has 26 heavy (non-hydrogen) atoms. The lowest BCUT2D eigenvalue weighted by atomic mass is 10.1. The minimum atomic E-state index is -0.875. The third-order valence-corrected chi connectivity index (χ3v) is 3.62. The van der Waals surface area contributed by atoms with Gasteiger partial charge in [0, 0.05) is 5.69 Å². The first-order valence-electron chi connectivity index (χ1n) is 8.24. The first kappa shape index (κ1) is 19.0. The molecule has 134 valence electrons. The van der Waals surface area contributed by atoms with Crippen LogP contribution >= 0.6 is 0 Å². The average Bonchev–Trinajstić information content (AvgIpc) is 2.67. The van der Waals surface area contributed by atoms with Gasteiger partial charge in [-0.3, -0.25) is 4.79 Å². The molecule has 0 saturated heterocycles. The van der Waals surface area contributed by atoms with Gasteiger partial charge in [-0.1, -0.05) is 19.1 Å². The van der Waals surface area contributed by atoms with Crippen molar-refractivity contribution in [3.63, 3.8) is 0 Å². The van der Waals surface area contributed by atoms with Crippen LogP contribution in [0.2, 0.25) is 0 Å². The van der Waals surface area contributed by atoms with E-state index in [1.165, 1.54) is 12.5 Å². The predicted molar refractivity (Wildman–Crippen MR) is 96.7 cm³/mol. The van der Waals surface area contributed by atoms with E-state index >= 15 is 0 Å². The van der Waals surface area contributed by atoms with Gasteiger partial charge in [0.25, 0.3) is 5.91 Å². The van der Waals surface area contributed by atoms with E-state index in [1.807, 2.05) is 25.1 Å². The Bertz CT molecular complexity index is 792. The van der Waals surface area contributed by atoms with Crippen LogP contribution in [0, 0.1) is 11.3 Å². The number of esters is 1. The number of aryl methyl sites for hydroxylation is 1. The molecule has 1 amide bonds. The second-order valence-corrected chi connectivity index (χ2v) is 5.60. The van der Waals surface area contributed by atoms with Crippen LogP contribution < -0.4 is 10.1 Å². The number of anilines is 1. The zero-order valence-electron chi connectivity index (χ0n) is 14.7. The molecule has 0 aliphatic rings. The number of ether oxygens (including phenoxy) is 2. The molecule has 6 heteroatoms. The van der Waals surface area contributed by atoms with Crippen LogP contribution in [-0.4, -0.2) is 24.6 Å². The maximum Gasteiger partial charge on any atom is 0.347 e. The fraction of sp³-hybridized carbons (Fsp3) is 0.250. The number of nitrogens with zero attached hydrogens (tertiary/aromatic N) is 1. The average molecular weight is 352 g/mol. The van der Waals surface area contributed by atoms with Crippen molar-refractivity contribution < 1.29 is 19.1 Å². The minimum Gasteiger partial charge on any atom is -0.479 e. The lowest BCUT2D eigenvalue weighted by Gasteiger charge is -2.14. The highest BCUT2D eigenvalue weighted by Gasteiger charge is 2.18. The quantitative estimate of drug-likeness (QED) is 0.774. The summed E-state index contributed by atoms with van der Waals surface area (Å²) < 4.78 is 10.4. The van der Waals surface area contributed by atoms with Crippen LogP contribution in [0.5, 0.6) is 5.75 Å². The Labute approximate surface area is 152 Å². The van der Waals surface area contributed by atoms with Crippen molar-refractivity contribution in [1.82, 2.24) is 0 Å². The molecule has 6 nitrogen and oxygen atoms in total. The summed E-state index contributed by atoms with van der Waals surface area (Å²) in [5, 5.41) is 11.4. The zero-order valence-corrected chi connectivity index (χ0v) is 14.7. The number of carbonyl (C=O) groups excluding carboxylic acids is 2. The summed E-state index contributed by atoms with van der Waals surface area (Å²) in [7, 11) is 0. The van der Waals surface area contributed by atoms with E-state index in [0.717, 1.165) is 6.42 Å². The predicted octanol–water partition coefficient (Wildman–Crippen LogP) is 3.07. The number of hydrogen-bond acceptors (Lipinski definition) is 5. The SMILES string of the molecule is CCc1ccc(NC(=O)COC(=O)[C@@H](C)Oc2ccc(C#N)cc2)cc1. The van der Waals surface area contributed by atoms with Crippen molar-refractivity contribution >= 4 is 17.6 Å². The fourth-order valence-electron chi connectivity index (χ4n) is 2.14. The third kappa shape index (κ3) is 5.64. The minimum absolute atomic E-state index is 0.393. The number of nitrogens with one attached hydrogen (secondary N) is 1. The van der Waals surface area contributed by atoms with Crippen LogP contribution in [0.15, 0.2) is 48.5 Å². The number of hydrogen-bond donors (Lipinski definition) is 1. The Morgan fingerprint density at radius 3 is 2.35 bits per heavy atom. The van der Waals surface area contributed by atoms with E-state index < -0.39 is 24.6 Å². The number of benzene rings is 2. The van der Waals surface area contributed by atoms with Gasteiger partial charge in [-0.25, -0.2) is 4.79 Å². The summed E-state index contributed by atoms with van der Waals surface area (Å²) in [6.07, 6.45) is 0.0442. The van der Waals surface area contributed by atoms with Gasteiger partial charge in [-0.05, 0) is 55.3 Å². The Morgan fingerprint density at radius 2 is 1.77 bits per heavy atom. The Morgan fingerprint density at radius 1 is 1.12 bits per heavy atom. The summed E-state index contributed by atoms with van der Waals surface area (Å²) in [6, 6.07) is 15.8. The van der Waals surface area contributed by atoms with E-state index in [-0.39, 0.29) is 0 Å². The molecular formula is C20H20N2O4. The second-order valence-electron chi connectivity index (χ2n) is 5.60. The largest absolute Gasteiger partial charge is 0.479 e. The highest BCUT2D eigenvalue weighted by molar-refractivity contribution is 5.93. The molecule has 0 aliphatic carbocycles. The molecule has 0 aromatic heterocycles. The lowest BCUT2D eigenvalue weighted by Crippen LogP contribution is -2.29. The van der Waals surface area contributed by atoms with Crippen LogP contribution in [0.1, 0.15) is 25.0 Å². The van der Waals surface area contributed by atoms with Gasteiger partial charge < -0.3 is 14.8 Å². The van der Waals surface area contributed by atoms with Crippen LogP contribution in [0.25, 0.3) is 0 Å². The molecule has 2 aromatic rings. The first-order chi connectivity index (χ1) is 12.5. The monoisotopic (exact) mass is 352 g/mol. The van der Waals surface area contributed by atoms with Crippen molar-refractivity contribution in [2.45, 2.75) is 26.4 Å². The second kappa shape index (κ2) is 9.23. The van der Waals surface area contributed by atoms with E-state index in [1.54, 1.807) is 36.4 Å². The van der Waals surface area contributed by atoms with Crippen LogP contribution in [-0.2, 0) is 20.7 Å². The maximum atomic E-state index is 11.9. The molecule has 1 atom stereocenters. The normalized spacial score (nSPS) is 11.1. The van der Waals surface area contributed by atoms with Crippen molar-refractivity contribution in [3.05, 3.63) is 59.7 Å². The molecule has 0 unspecified atom stereocenters. The maximum absolute atomic E-state index is 11.9. The van der Waals surface area contributed by atoms with Gasteiger partial charge in [-0.2, -0.15) is 5.26 Å². The Balaban J connectivity index is 1.78. The number of rotatable bonds is 7. The standard InChI is InChI=1S/C20H20N2O4/c1-3-15-4-8-17(9-5-15)22-19(23)13-25-20(24)14(2)26-18-10-6-16(12-21)7-11-18/h4-11,14H,3,13H2,1-2H3,(H,22,23)/t14-/m1/s1. The molecular weight excluding hydrogens is 332 g/mol. The van der Waals surface area contributed by atoms with Crippen LogP contribution in [0.4, 0.5) is 5.69 Å². The summed E-state index contributed by atoms with van der Waals surface area (Å²) in [5.41, 5.74) is 2.31. The topological polar surface area (TPSA) is 88.4 Å². The Hall–Kier alpha value is -3.33. The van der Waals surface area contributed by atoms with Gasteiger partial charge in [0.05, 0.1) is 11.6 Å². The van der Waals surface area contributed by atoms with Gasteiger partial charge in [-0.15, -0.1) is 0 Å². The highest BCUT2D eigenvalue weighted by atomic mass is 16.6. The summed E-state index contributed by atoms with van der Waals surface area (Å²) >= 11 is 0. The van der Waals surface area contributed by atoms with Gasteiger partial charge in [0.1, 0.15) is 5.75 Å². The molecule has 1 N–H and O–H groups in total. The third-order valence-electron chi connectivity index (χ3n) is 3.62. The highest BCUT2D eigenvalue weighted by Crippen LogP contribution is 2.14. The molecule has 0 saturated carbocycles. The van der Waals surface area contributed by atoms with Crippen LogP contribution in [0.3, 0.4) is 0 Å². The van der Waals surface area contributed by atoms with Crippen molar-refractivity contribution in [3.8, 4) is 11.8 Å². The van der Waals surface area contributed by atoms with Crippen molar-refractivity contribution in [2.75, 3.05) is 11.9 Å². The summed E-state index contributed by atoms with van der Waals surface area (Å²) in [4.78, 5) is 23.8. The van der Waals surface area contributed by atoms with Gasteiger partial charge >= 0.3 is 5.97 Å². The van der Waals surface area contributed by atoms with E-state index in [9.17, 15) is 9.59 Å². The number of carbonyl (C=O) groups is 2. The molecule has 0 spiro atoms. The van der Waals surface area contributed by atoms with Crippen molar-refractivity contribution in [2.24, 2.45) is 0 Å². The molecule has 2 rings (SSSR count). The van der Waals surface area contributed by atoms with Gasteiger partial charge in [0.2, 0.25) is 0 Å². The number of nitriles is 1. The molecule has 0 radical (unpaired) electrons. The molecule has 0 bridgehead atoms. The first-order valence-corrected chi connectivity index (χ1v) is 8.24. The Kier molecular flexibility index (Phi) is 6.75. The van der Waals surface area contributed by atoms with Crippen molar-refractivity contribution in [1.29, 1.82) is 5.26 Å².